The Morgan fingerprint density at radius 1 is 1.11 bits per heavy atom. The number of hydrogen-bond donors (Lipinski definition) is 1. The van der Waals surface area contributed by atoms with Crippen molar-refractivity contribution in [2.75, 3.05) is 0 Å². The molecule has 7 heteroatoms. The lowest BCUT2D eigenvalue weighted by Crippen LogP contribution is -2.30. The number of aromatic amines is 1. The zero-order valence-electron chi connectivity index (χ0n) is 15.4. The third kappa shape index (κ3) is 2.77. The highest BCUT2D eigenvalue weighted by Gasteiger charge is 2.74. The molecule has 28 heavy (non-hydrogen) atoms. The molecule has 2 aromatic heterocycles. The molecule has 2 aromatic rings. The first-order valence-electron chi connectivity index (χ1n) is 9.92. The highest BCUT2D eigenvalue weighted by atomic mass is 19.3. The van der Waals surface area contributed by atoms with Crippen molar-refractivity contribution < 1.29 is 17.6 Å². The van der Waals surface area contributed by atoms with Crippen LogP contribution >= 0.6 is 0 Å². The molecule has 0 aliphatic heterocycles. The second-order valence-electron chi connectivity index (χ2n) is 9.04. The zero-order valence-corrected chi connectivity index (χ0v) is 15.4. The number of nitrogens with zero attached hydrogens (tertiary/aromatic N) is 1. The van der Waals surface area contributed by atoms with Gasteiger partial charge >= 0.3 is 0 Å². The first-order valence-corrected chi connectivity index (χ1v) is 9.92. The van der Waals surface area contributed by atoms with Gasteiger partial charge < -0.3 is 4.98 Å². The molecule has 0 radical (unpaired) electrons. The van der Waals surface area contributed by atoms with Gasteiger partial charge in [-0.1, -0.05) is 0 Å². The second kappa shape index (κ2) is 5.80. The standard InChI is InChI=1S/C21H22F4N2O/c22-20(23)4-1-12(2-5-20)13-8-19(11-21(19,24)25)9-14(13)17-7-18(28)15-10-26-6-3-16(15)27-17/h3,6-7,10,12-14H,1-2,4-5,8-9,11H2,(H,27,28)/t13-,14+,19?/m0/s1. The molecule has 1 spiro atoms. The first kappa shape index (κ1) is 18.1. The maximum atomic E-state index is 14.2. The number of H-pyrrole nitrogens is 1. The van der Waals surface area contributed by atoms with Gasteiger partial charge in [0.15, 0.2) is 5.43 Å². The lowest BCUT2D eigenvalue weighted by Gasteiger charge is -2.35. The summed E-state index contributed by atoms with van der Waals surface area (Å²) in [6.07, 6.45) is 3.97. The highest BCUT2D eigenvalue weighted by molar-refractivity contribution is 5.77. The van der Waals surface area contributed by atoms with Gasteiger partial charge in [-0.3, -0.25) is 9.78 Å². The number of hydrogen-bond acceptors (Lipinski definition) is 2. The van der Waals surface area contributed by atoms with Crippen LogP contribution in [0.25, 0.3) is 10.9 Å². The molecular formula is C21H22F4N2O. The van der Waals surface area contributed by atoms with Crippen LogP contribution in [0.5, 0.6) is 0 Å². The molecule has 5 rings (SSSR count). The Hall–Kier alpha value is -1.92. The van der Waals surface area contributed by atoms with Gasteiger partial charge in [0, 0.05) is 54.7 Å². The van der Waals surface area contributed by atoms with E-state index >= 15 is 0 Å². The molecule has 150 valence electrons. The number of halogens is 4. The SMILES string of the molecule is O=c1cc([C@@H]2CC3(C[C@H]2C2CCC(F)(F)CC2)CC3(F)F)[nH]c2ccncc12. The van der Waals surface area contributed by atoms with E-state index in [1.807, 2.05) is 0 Å². The number of pyridine rings is 2. The normalized spacial score (nSPS) is 34.1. The van der Waals surface area contributed by atoms with Crippen molar-refractivity contribution in [2.24, 2.45) is 17.3 Å². The van der Waals surface area contributed by atoms with Crippen molar-refractivity contribution in [3.8, 4) is 0 Å². The molecule has 0 amide bonds. The van der Waals surface area contributed by atoms with Crippen molar-refractivity contribution in [1.82, 2.24) is 9.97 Å². The molecule has 1 unspecified atom stereocenters. The Labute approximate surface area is 159 Å². The fourth-order valence-electron chi connectivity index (χ4n) is 5.71. The van der Waals surface area contributed by atoms with Crippen molar-refractivity contribution in [2.45, 2.75) is 62.7 Å². The molecule has 3 fully saturated rings. The van der Waals surface area contributed by atoms with Crippen LogP contribution in [0.3, 0.4) is 0 Å². The Morgan fingerprint density at radius 2 is 1.82 bits per heavy atom. The summed E-state index contributed by atoms with van der Waals surface area (Å²) >= 11 is 0. The van der Waals surface area contributed by atoms with Crippen LogP contribution in [-0.2, 0) is 0 Å². The fraction of sp³-hybridized carbons (Fsp3) is 0.619. The number of aromatic nitrogens is 2. The van der Waals surface area contributed by atoms with Crippen molar-refractivity contribution >= 4 is 10.9 Å². The maximum Gasteiger partial charge on any atom is 0.254 e. The molecule has 0 bridgehead atoms. The molecule has 3 saturated carbocycles. The predicted molar refractivity (Wildman–Crippen MR) is 96.7 cm³/mol. The van der Waals surface area contributed by atoms with Gasteiger partial charge in [-0.25, -0.2) is 17.6 Å². The molecule has 1 N–H and O–H groups in total. The van der Waals surface area contributed by atoms with Crippen molar-refractivity contribution in [1.29, 1.82) is 0 Å². The summed E-state index contributed by atoms with van der Waals surface area (Å²) in [5.74, 6) is -5.65. The van der Waals surface area contributed by atoms with E-state index in [9.17, 15) is 22.4 Å². The van der Waals surface area contributed by atoms with Gasteiger partial charge in [0.05, 0.1) is 10.9 Å². The Balaban J connectivity index is 1.51. The van der Waals surface area contributed by atoms with Crippen LogP contribution in [0.15, 0.2) is 29.3 Å². The summed E-state index contributed by atoms with van der Waals surface area (Å²) in [5.41, 5.74) is 0.0849. The second-order valence-corrected chi connectivity index (χ2v) is 9.04. The van der Waals surface area contributed by atoms with Crippen molar-refractivity contribution in [3.63, 3.8) is 0 Å². The summed E-state index contributed by atoms with van der Waals surface area (Å²) in [6, 6.07) is 3.20. The van der Waals surface area contributed by atoms with E-state index in [2.05, 4.69) is 9.97 Å². The minimum atomic E-state index is -2.68. The quantitative estimate of drug-likeness (QED) is 0.706. The predicted octanol–water partition coefficient (Wildman–Crippen LogP) is 5.27. The summed E-state index contributed by atoms with van der Waals surface area (Å²) in [5, 5.41) is 0.463. The van der Waals surface area contributed by atoms with Crippen molar-refractivity contribution in [3.05, 3.63) is 40.4 Å². The van der Waals surface area contributed by atoms with Crippen LogP contribution in [0.1, 0.15) is 56.6 Å². The third-order valence-corrected chi connectivity index (χ3v) is 7.38. The summed E-state index contributed by atoms with van der Waals surface area (Å²) < 4.78 is 55.6. The fourth-order valence-corrected chi connectivity index (χ4v) is 5.71. The molecule has 3 aliphatic carbocycles. The zero-order chi connectivity index (χ0) is 19.7. The summed E-state index contributed by atoms with van der Waals surface area (Å²) in [4.78, 5) is 19.7. The summed E-state index contributed by atoms with van der Waals surface area (Å²) in [6.45, 7) is 0. The highest BCUT2D eigenvalue weighted by Crippen LogP contribution is 2.73. The lowest BCUT2D eigenvalue weighted by molar-refractivity contribution is -0.0534. The smallest absolute Gasteiger partial charge is 0.254 e. The molecule has 3 aliphatic rings. The van der Waals surface area contributed by atoms with Gasteiger partial charge in [-0.2, -0.15) is 0 Å². The van der Waals surface area contributed by atoms with Gasteiger partial charge in [-0.15, -0.1) is 0 Å². The van der Waals surface area contributed by atoms with Crippen LogP contribution in [-0.4, -0.2) is 21.8 Å². The molecule has 0 saturated heterocycles. The number of alkyl halides is 4. The van der Waals surface area contributed by atoms with Crippen LogP contribution in [0.4, 0.5) is 17.6 Å². The molecule has 3 nitrogen and oxygen atoms in total. The number of nitrogens with one attached hydrogen (secondary N) is 1. The molecule has 0 aromatic carbocycles. The average Bonchev–Trinajstić information content (AvgIpc) is 2.97. The minimum absolute atomic E-state index is 0.00274. The maximum absolute atomic E-state index is 14.2. The van der Waals surface area contributed by atoms with E-state index in [1.165, 1.54) is 12.3 Å². The van der Waals surface area contributed by atoms with Crippen LogP contribution in [0.2, 0.25) is 0 Å². The van der Waals surface area contributed by atoms with Gasteiger partial charge in [-0.05, 0) is 43.6 Å². The number of rotatable bonds is 2. The van der Waals surface area contributed by atoms with Gasteiger partial charge in [0.1, 0.15) is 0 Å². The van der Waals surface area contributed by atoms with E-state index in [0.29, 0.717) is 42.3 Å². The Morgan fingerprint density at radius 3 is 2.50 bits per heavy atom. The topological polar surface area (TPSA) is 45.8 Å². The molecule has 2 heterocycles. The van der Waals surface area contributed by atoms with Crippen LogP contribution in [0, 0.1) is 17.3 Å². The average molecular weight is 394 g/mol. The molecular weight excluding hydrogens is 372 g/mol. The Bertz CT molecular complexity index is 978. The third-order valence-electron chi connectivity index (χ3n) is 7.38. The van der Waals surface area contributed by atoms with E-state index in [4.69, 9.17) is 0 Å². The largest absolute Gasteiger partial charge is 0.358 e. The van der Waals surface area contributed by atoms with E-state index < -0.39 is 17.3 Å². The first-order chi connectivity index (χ1) is 13.2. The minimum Gasteiger partial charge on any atom is -0.358 e. The van der Waals surface area contributed by atoms with E-state index in [-0.39, 0.29) is 42.4 Å². The number of fused-ring (bicyclic) bond motifs is 1. The van der Waals surface area contributed by atoms with E-state index in [1.54, 1.807) is 12.3 Å². The molecule has 3 atom stereocenters. The summed E-state index contributed by atoms with van der Waals surface area (Å²) in [7, 11) is 0. The van der Waals surface area contributed by atoms with E-state index in [0.717, 1.165) is 0 Å². The van der Waals surface area contributed by atoms with Crippen LogP contribution < -0.4 is 5.43 Å². The monoisotopic (exact) mass is 394 g/mol. The van der Waals surface area contributed by atoms with Gasteiger partial charge in [0.2, 0.25) is 5.92 Å². The van der Waals surface area contributed by atoms with Gasteiger partial charge in [0.25, 0.3) is 5.92 Å². The Kier molecular flexibility index (Phi) is 3.75. The lowest BCUT2D eigenvalue weighted by atomic mass is 9.73.